The molecular formula is C39H48F3N7O3S. The quantitative estimate of drug-likeness (QED) is 0.0368. The highest BCUT2D eigenvalue weighted by atomic mass is 32.2. The fraction of sp³-hybridized carbons (Fsp3) is 0.282. The number of amides is 3. The molecule has 53 heavy (non-hydrogen) atoms. The average Bonchev–Trinajstić information content (AvgIpc) is 3.15. The van der Waals surface area contributed by atoms with Crippen molar-refractivity contribution in [2.24, 2.45) is 11.5 Å². The second-order valence-corrected chi connectivity index (χ2v) is 12.6. The van der Waals surface area contributed by atoms with E-state index in [1.165, 1.54) is 30.4 Å². The maximum atomic E-state index is 11.9. The molecule has 0 aliphatic carbocycles. The SMILES string of the molecule is CCCc1ccccc1.Cc1cccc(CNC(=O)C(F)(F)F)c1.N=C(N)c1ccc(CNC(=O)CNC(=O)CNSCc2cccc(CN)c2)cc1. The third-order valence-corrected chi connectivity index (χ3v) is 8.00. The van der Waals surface area contributed by atoms with Crippen molar-refractivity contribution in [1.82, 2.24) is 20.7 Å². The Balaban J connectivity index is 0.000000333. The Kier molecular flexibility index (Phi) is 20.0. The molecule has 0 spiro atoms. The first kappa shape index (κ1) is 44.0. The minimum absolute atomic E-state index is 0.000788. The number of rotatable bonds is 15. The molecular weight excluding hydrogens is 704 g/mol. The summed E-state index contributed by atoms with van der Waals surface area (Å²) in [5.74, 6) is -1.73. The number of alkyl halides is 3. The van der Waals surface area contributed by atoms with Gasteiger partial charge in [0.2, 0.25) is 11.8 Å². The van der Waals surface area contributed by atoms with Crippen LogP contribution in [0.3, 0.4) is 0 Å². The molecule has 0 bridgehead atoms. The van der Waals surface area contributed by atoms with Crippen LogP contribution in [0.1, 0.15) is 52.3 Å². The molecule has 0 saturated heterocycles. The lowest BCUT2D eigenvalue weighted by Gasteiger charge is -2.08. The number of carbonyl (C=O) groups excluding carboxylic acids is 3. The van der Waals surface area contributed by atoms with E-state index in [4.69, 9.17) is 16.9 Å². The molecule has 4 rings (SSSR count). The maximum Gasteiger partial charge on any atom is 0.471 e. The predicted molar refractivity (Wildman–Crippen MR) is 205 cm³/mol. The molecule has 9 N–H and O–H groups in total. The number of benzene rings is 4. The van der Waals surface area contributed by atoms with Gasteiger partial charge in [-0.3, -0.25) is 24.5 Å². The Morgan fingerprint density at radius 3 is 1.94 bits per heavy atom. The standard InChI is InChI=1S/C20H26N6O2S.C10H10F3NO.C9H12/c21-9-15-2-1-3-16(8-15)13-29-26-12-19(28)25-11-18(27)24-10-14-4-6-17(7-5-14)20(22)23;1-7-3-2-4-8(5-7)6-14-9(15)10(11,12)13;1-2-6-9-7-4-3-5-8-9/h1-8,26H,9-13,21H2,(H3,22,23)(H,24,27)(H,25,28);2-5H,6H2,1H3,(H,14,15);3-5,7-8H,2,6H2,1H3. The van der Waals surface area contributed by atoms with E-state index < -0.39 is 12.1 Å². The molecule has 284 valence electrons. The first-order chi connectivity index (χ1) is 25.3. The number of nitrogens with two attached hydrogens (primary N) is 2. The minimum atomic E-state index is -4.82. The fourth-order valence-electron chi connectivity index (χ4n) is 4.44. The Hall–Kier alpha value is -5.18. The topological polar surface area (TPSA) is 175 Å². The van der Waals surface area contributed by atoms with Gasteiger partial charge in [-0.2, -0.15) is 13.2 Å². The molecule has 0 atom stereocenters. The van der Waals surface area contributed by atoms with Gasteiger partial charge in [-0.15, -0.1) is 0 Å². The number of hydrogen-bond acceptors (Lipinski definition) is 7. The molecule has 0 saturated carbocycles. The molecule has 0 fully saturated rings. The molecule has 0 aromatic heterocycles. The summed E-state index contributed by atoms with van der Waals surface area (Å²) >= 11 is 1.42. The maximum absolute atomic E-state index is 11.9. The van der Waals surface area contributed by atoms with Crippen molar-refractivity contribution in [3.63, 3.8) is 0 Å². The Morgan fingerprint density at radius 1 is 0.717 bits per heavy atom. The van der Waals surface area contributed by atoms with E-state index in [1.54, 1.807) is 47.8 Å². The normalized spacial score (nSPS) is 10.5. The summed E-state index contributed by atoms with van der Waals surface area (Å²) in [5, 5.41) is 14.5. The number of nitrogen functional groups attached to an aromatic ring is 1. The van der Waals surface area contributed by atoms with Crippen LogP contribution in [-0.4, -0.2) is 42.8 Å². The number of amidine groups is 1. The average molecular weight is 752 g/mol. The third-order valence-electron chi connectivity index (χ3n) is 7.18. The van der Waals surface area contributed by atoms with Crippen molar-refractivity contribution in [1.29, 1.82) is 5.41 Å². The Labute approximate surface area is 313 Å². The molecule has 4 aromatic carbocycles. The van der Waals surface area contributed by atoms with Crippen LogP contribution in [0, 0.1) is 12.3 Å². The van der Waals surface area contributed by atoms with E-state index in [9.17, 15) is 27.6 Å². The van der Waals surface area contributed by atoms with Crippen LogP contribution in [0.15, 0.2) is 103 Å². The second-order valence-electron chi connectivity index (χ2n) is 11.7. The minimum Gasteiger partial charge on any atom is -0.384 e. The fourth-order valence-corrected chi connectivity index (χ4v) is 5.12. The van der Waals surface area contributed by atoms with Crippen LogP contribution in [0.5, 0.6) is 0 Å². The van der Waals surface area contributed by atoms with Gasteiger partial charge in [-0.1, -0.05) is 134 Å². The third kappa shape index (κ3) is 19.3. The molecule has 0 heterocycles. The van der Waals surface area contributed by atoms with Crippen LogP contribution in [0.2, 0.25) is 0 Å². The van der Waals surface area contributed by atoms with Gasteiger partial charge in [0.1, 0.15) is 5.84 Å². The van der Waals surface area contributed by atoms with Crippen molar-refractivity contribution in [2.45, 2.75) is 58.3 Å². The summed E-state index contributed by atoms with van der Waals surface area (Å²) in [4.78, 5) is 34.2. The summed E-state index contributed by atoms with van der Waals surface area (Å²) in [6.07, 6.45) is -2.37. The van der Waals surface area contributed by atoms with E-state index in [1.807, 2.05) is 37.3 Å². The highest BCUT2D eigenvalue weighted by molar-refractivity contribution is 7.96. The van der Waals surface area contributed by atoms with Crippen molar-refractivity contribution in [2.75, 3.05) is 13.1 Å². The first-order valence-electron chi connectivity index (χ1n) is 16.8. The summed E-state index contributed by atoms with van der Waals surface area (Å²) in [6, 6.07) is 32.5. The molecule has 0 aliphatic rings. The van der Waals surface area contributed by atoms with E-state index in [2.05, 4.69) is 52.6 Å². The zero-order valence-corrected chi connectivity index (χ0v) is 30.7. The summed E-state index contributed by atoms with van der Waals surface area (Å²) in [5.41, 5.74) is 17.8. The van der Waals surface area contributed by atoms with Gasteiger partial charge < -0.3 is 27.4 Å². The van der Waals surface area contributed by atoms with Gasteiger partial charge in [-0.25, -0.2) is 0 Å². The van der Waals surface area contributed by atoms with Crippen LogP contribution in [0.25, 0.3) is 0 Å². The zero-order chi connectivity index (χ0) is 39.1. The second kappa shape index (κ2) is 24.1. The highest BCUT2D eigenvalue weighted by Gasteiger charge is 2.38. The Bertz CT molecular complexity index is 1720. The molecule has 0 aliphatic heterocycles. The van der Waals surface area contributed by atoms with E-state index in [0.717, 1.165) is 22.3 Å². The largest absolute Gasteiger partial charge is 0.471 e. The van der Waals surface area contributed by atoms with Crippen LogP contribution in [0.4, 0.5) is 13.2 Å². The van der Waals surface area contributed by atoms with E-state index in [0.29, 0.717) is 30.0 Å². The number of carbonyl (C=O) groups is 3. The van der Waals surface area contributed by atoms with Crippen LogP contribution < -0.4 is 32.1 Å². The molecule has 10 nitrogen and oxygen atoms in total. The van der Waals surface area contributed by atoms with E-state index >= 15 is 0 Å². The van der Waals surface area contributed by atoms with Gasteiger partial charge in [0.05, 0.1) is 13.1 Å². The van der Waals surface area contributed by atoms with Gasteiger partial charge in [0.25, 0.3) is 0 Å². The molecule has 14 heteroatoms. The molecule has 0 radical (unpaired) electrons. The highest BCUT2D eigenvalue weighted by Crippen LogP contribution is 2.15. The van der Waals surface area contributed by atoms with Crippen molar-refractivity contribution >= 4 is 35.5 Å². The van der Waals surface area contributed by atoms with Crippen molar-refractivity contribution in [3.05, 3.63) is 142 Å². The van der Waals surface area contributed by atoms with Gasteiger partial charge in [-0.05, 0) is 41.2 Å². The van der Waals surface area contributed by atoms with Crippen LogP contribution >= 0.6 is 11.9 Å². The summed E-state index contributed by atoms with van der Waals surface area (Å²) in [6.45, 7) is 4.78. The lowest BCUT2D eigenvalue weighted by atomic mass is 10.1. The first-order valence-corrected chi connectivity index (χ1v) is 17.8. The van der Waals surface area contributed by atoms with Crippen molar-refractivity contribution in [3.8, 4) is 0 Å². The number of aryl methyl sites for hydroxylation is 2. The number of halogens is 3. The number of hydrogen-bond donors (Lipinski definition) is 7. The molecule has 0 unspecified atom stereocenters. The molecule has 4 aromatic rings. The summed E-state index contributed by atoms with van der Waals surface area (Å²) < 4.78 is 38.4. The van der Waals surface area contributed by atoms with Gasteiger partial charge >= 0.3 is 12.1 Å². The molecule has 3 amide bonds. The Morgan fingerprint density at radius 2 is 1.32 bits per heavy atom. The monoisotopic (exact) mass is 751 g/mol. The number of nitrogens with one attached hydrogen (secondary N) is 5. The predicted octanol–water partition coefficient (Wildman–Crippen LogP) is 5.41. The summed E-state index contributed by atoms with van der Waals surface area (Å²) in [7, 11) is 0. The lowest BCUT2D eigenvalue weighted by molar-refractivity contribution is -0.173. The van der Waals surface area contributed by atoms with Crippen LogP contribution in [-0.2, 0) is 46.2 Å². The lowest BCUT2D eigenvalue weighted by Crippen LogP contribution is -2.39. The van der Waals surface area contributed by atoms with Gasteiger partial charge in [0, 0.05) is 31.0 Å². The van der Waals surface area contributed by atoms with E-state index in [-0.39, 0.29) is 37.3 Å². The smallest absolute Gasteiger partial charge is 0.384 e. The van der Waals surface area contributed by atoms with Gasteiger partial charge in [0.15, 0.2) is 0 Å². The van der Waals surface area contributed by atoms with Crippen molar-refractivity contribution < 1.29 is 27.6 Å². The zero-order valence-electron chi connectivity index (χ0n) is 29.9.